The second-order valence-electron chi connectivity index (χ2n) is 4.92. The molecule has 0 radical (unpaired) electrons. The fourth-order valence-corrected chi connectivity index (χ4v) is 2.24. The van der Waals surface area contributed by atoms with Crippen molar-refractivity contribution in [2.45, 2.75) is 13.1 Å². The average molecular weight is 343 g/mol. The van der Waals surface area contributed by atoms with Gasteiger partial charge in [0.1, 0.15) is 10.7 Å². The molecule has 0 saturated carbocycles. The van der Waals surface area contributed by atoms with Crippen LogP contribution in [0.4, 0.5) is 13.2 Å². The lowest BCUT2D eigenvalue weighted by Gasteiger charge is -2.02. The summed E-state index contributed by atoms with van der Waals surface area (Å²) in [6.07, 6.45) is -4.68. The van der Waals surface area contributed by atoms with Gasteiger partial charge >= 0.3 is 6.18 Å². The van der Waals surface area contributed by atoms with Gasteiger partial charge in [-0.25, -0.2) is 0 Å². The molecule has 0 aliphatic rings. The topological polar surface area (TPSA) is 56.7 Å². The minimum Gasteiger partial charge on any atom is -0.333 e. The van der Waals surface area contributed by atoms with Crippen LogP contribution in [-0.4, -0.2) is 19.9 Å². The van der Waals surface area contributed by atoms with Gasteiger partial charge in [0.15, 0.2) is 5.69 Å². The van der Waals surface area contributed by atoms with Crippen LogP contribution in [0.5, 0.6) is 0 Å². The van der Waals surface area contributed by atoms with Gasteiger partial charge < -0.3 is 4.52 Å². The zero-order valence-electron chi connectivity index (χ0n) is 12.0. The van der Waals surface area contributed by atoms with Gasteiger partial charge in [-0.3, -0.25) is 4.68 Å². The van der Waals surface area contributed by atoms with Gasteiger partial charge in [-0.2, -0.15) is 23.3 Å². The van der Waals surface area contributed by atoms with Crippen LogP contribution in [0.1, 0.15) is 11.3 Å². The maximum Gasteiger partial charge on any atom is 0.436 e. The van der Waals surface area contributed by atoms with Crippen molar-refractivity contribution in [1.82, 2.24) is 19.9 Å². The summed E-state index contributed by atoms with van der Waals surface area (Å²) in [5, 5.41) is 6.87. The normalized spacial score (nSPS) is 11.9. The first-order valence-electron chi connectivity index (χ1n) is 6.48. The molecule has 3 aromatic rings. The van der Waals surface area contributed by atoms with E-state index in [1.54, 1.807) is 12.1 Å². The van der Waals surface area contributed by atoms with E-state index in [1.165, 1.54) is 7.05 Å². The van der Waals surface area contributed by atoms with Crippen LogP contribution in [-0.2, 0) is 13.2 Å². The molecule has 0 aliphatic heterocycles. The van der Waals surface area contributed by atoms with E-state index in [0.717, 1.165) is 10.2 Å². The van der Waals surface area contributed by atoms with Crippen LogP contribution in [0.3, 0.4) is 0 Å². The molecule has 5 nitrogen and oxygen atoms in total. The summed E-state index contributed by atoms with van der Waals surface area (Å²) in [6.45, 7) is 1.91. The van der Waals surface area contributed by atoms with Crippen molar-refractivity contribution in [1.29, 1.82) is 0 Å². The van der Waals surface area contributed by atoms with Crippen LogP contribution in [0.25, 0.3) is 22.8 Å². The Kier molecular flexibility index (Phi) is 3.63. The lowest BCUT2D eigenvalue weighted by atomic mass is 10.1. The third-order valence-corrected chi connectivity index (χ3v) is 3.63. The van der Waals surface area contributed by atoms with Gasteiger partial charge in [-0.15, -0.1) is 0 Å². The molecule has 0 N–H and O–H groups in total. The van der Waals surface area contributed by atoms with Crippen LogP contribution in [0.15, 0.2) is 28.8 Å². The molecule has 9 heteroatoms. The van der Waals surface area contributed by atoms with E-state index in [-0.39, 0.29) is 16.9 Å². The van der Waals surface area contributed by atoms with Gasteiger partial charge in [0.2, 0.25) is 5.82 Å². The lowest BCUT2D eigenvalue weighted by Crippen LogP contribution is -2.08. The summed E-state index contributed by atoms with van der Waals surface area (Å²) in [7, 11) is 1.30. The van der Waals surface area contributed by atoms with Crippen molar-refractivity contribution in [2.75, 3.05) is 0 Å². The van der Waals surface area contributed by atoms with Crippen LogP contribution < -0.4 is 0 Å². The predicted octanol–water partition coefficient (Wildman–Crippen LogP) is 4.12. The van der Waals surface area contributed by atoms with Gasteiger partial charge in [0, 0.05) is 12.6 Å². The first kappa shape index (κ1) is 15.5. The number of benzene rings is 1. The van der Waals surface area contributed by atoms with Crippen LogP contribution in [0, 0.1) is 6.92 Å². The highest BCUT2D eigenvalue weighted by Gasteiger charge is 2.41. The molecule has 1 aromatic carbocycles. The van der Waals surface area contributed by atoms with Gasteiger partial charge in [-0.05, 0) is 6.92 Å². The number of aryl methyl sites for hydroxylation is 2. The molecule has 0 aliphatic carbocycles. The smallest absolute Gasteiger partial charge is 0.333 e. The number of alkyl halides is 3. The number of hydrogen-bond acceptors (Lipinski definition) is 4. The van der Waals surface area contributed by atoms with Crippen molar-refractivity contribution < 1.29 is 17.7 Å². The fourth-order valence-electron chi connectivity index (χ4n) is 2.04. The Morgan fingerprint density at radius 3 is 2.43 bits per heavy atom. The third-order valence-electron chi connectivity index (χ3n) is 3.20. The lowest BCUT2D eigenvalue weighted by molar-refractivity contribution is -0.141. The molecule has 0 saturated heterocycles. The molecule has 2 heterocycles. The Balaban J connectivity index is 2.09. The maximum atomic E-state index is 13.1. The molecule has 0 atom stereocenters. The fraction of sp³-hybridized carbons (Fsp3) is 0.214. The Bertz CT molecular complexity index is 852. The minimum absolute atomic E-state index is 0.174. The Morgan fingerprint density at radius 1 is 1.17 bits per heavy atom. The summed E-state index contributed by atoms with van der Waals surface area (Å²) in [6, 6.07) is 7.17. The number of aromatic nitrogens is 4. The molecule has 120 valence electrons. The number of nitrogens with zero attached hydrogens (tertiary/aromatic N) is 4. The Hall–Kier alpha value is -2.35. The first-order chi connectivity index (χ1) is 10.8. The molecule has 23 heavy (non-hydrogen) atoms. The molecule has 2 aromatic heterocycles. The Labute approximate surface area is 133 Å². The van der Waals surface area contributed by atoms with Crippen molar-refractivity contribution >= 4 is 11.6 Å². The molecule has 0 unspecified atom stereocenters. The second-order valence-corrected chi connectivity index (χ2v) is 5.28. The minimum atomic E-state index is -4.68. The molecule has 0 bridgehead atoms. The van der Waals surface area contributed by atoms with E-state index < -0.39 is 17.4 Å². The molecule has 0 amide bonds. The van der Waals surface area contributed by atoms with E-state index in [4.69, 9.17) is 16.1 Å². The predicted molar refractivity (Wildman–Crippen MR) is 76.7 cm³/mol. The van der Waals surface area contributed by atoms with Crippen molar-refractivity contribution in [2.24, 2.45) is 7.05 Å². The largest absolute Gasteiger partial charge is 0.436 e. The maximum absolute atomic E-state index is 13.1. The Morgan fingerprint density at radius 2 is 1.83 bits per heavy atom. The highest BCUT2D eigenvalue weighted by molar-refractivity contribution is 6.32. The number of rotatable bonds is 2. The average Bonchev–Trinajstić information content (AvgIpc) is 3.05. The SMILES string of the molecule is Cc1ccc(-c2noc(-c3c(C(F)(F)F)nn(C)c3Cl)n2)cc1. The van der Waals surface area contributed by atoms with E-state index >= 15 is 0 Å². The van der Waals surface area contributed by atoms with Crippen molar-refractivity contribution in [3.63, 3.8) is 0 Å². The first-order valence-corrected chi connectivity index (χ1v) is 6.86. The molecule has 0 spiro atoms. The highest BCUT2D eigenvalue weighted by atomic mass is 35.5. The number of halogens is 4. The van der Waals surface area contributed by atoms with Gasteiger partial charge in [0.05, 0.1) is 0 Å². The summed E-state index contributed by atoms with van der Waals surface area (Å²) in [5.74, 6) is -0.154. The van der Waals surface area contributed by atoms with E-state index in [9.17, 15) is 13.2 Å². The van der Waals surface area contributed by atoms with Crippen LogP contribution >= 0.6 is 11.6 Å². The third kappa shape index (κ3) is 2.81. The van der Waals surface area contributed by atoms with E-state index in [0.29, 0.717) is 5.56 Å². The molecular weight excluding hydrogens is 333 g/mol. The summed E-state index contributed by atoms with van der Waals surface area (Å²) in [4.78, 5) is 4.01. The summed E-state index contributed by atoms with van der Waals surface area (Å²) >= 11 is 5.90. The van der Waals surface area contributed by atoms with Gasteiger partial charge in [0.25, 0.3) is 5.89 Å². The summed E-state index contributed by atoms with van der Waals surface area (Å²) in [5.41, 5.74) is 0.0722. The molecule has 3 rings (SSSR count). The standard InChI is InChI=1S/C14H10ClF3N4O/c1-7-3-5-8(6-4-7)12-19-13(23-21-12)9-10(14(16,17)18)20-22(2)11(9)15/h3-6H,1-2H3. The van der Waals surface area contributed by atoms with Crippen LogP contribution in [0.2, 0.25) is 5.15 Å². The molecule has 0 fully saturated rings. The molecular formula is C14H10ClF3N4O. The van der Waals surface area contributed by atoms with Crippen molar-refractivity contribution in [3.8, 4) is 22.8 Å². The van der Waals surface area contributed by atoms with E-state index in [2.05, 4.69) is 15.2 Å². The second kappa shape index (κ2) is 5.38. The van der Waals surface area contributed by atoms with Crippen molar-refractivity contribution in [3.05, 3.63) is 40.7 Å². The summed E-state index contributed by atoms with van der Waals surface area (Å²) < 4.78 is 45.1. The zero-order valence-corrected chi connectivity index (χ0v) is 12.8. The monoisotopic (exact) mass is 342 g/mol. The quantitative estimate of drug-likeness (QED) is 0.703. The zero-order chi connectivity index (χ0) is 16.8. The highest BCUT2D eigenvalue weighted by Crippen LogP contribution is 2.40. The number of hydrogen-bond donors (Lipinski definition) is 0. The van der Waals surface area contributed by atoms with E-state index in [1.807, 2.05) is 19.1 Å². The van der Waals surface area contributed by atoms with Gasteiger partial charge in [-0.1, -0.05) is 46.6 Å².